The molecule has 0 saturated carbocycles. The highest BCUT2D eigenvalue weighted by Gasteiger charge is 2.08. The Balaban J connectivity index is 2.40. The second kappa shape index (κ2) is 6.25. The molecule has 1 unspecified atom stereocenters. The van der Waals surface area contributed by atoms with Gasteiger partial charge in [-0.25, -0.2) is 0 Å². The van der Waals surface area contributed by atoms with Gasteiger partial charge < -0.3 is 15.2 Å². The van der Waals surface area contributed by atoms with Crippen LogP contribution in [0.4, 0.5) is 0 Å². The van der Waals surface area contributed by atoms with E-state index >= 15 is 0 Å². The predicted molar refractivity (Wildman–Crippen MR) is 61.0 cm³/mol. The zero-order chi connectivity index (χ0) is 12.0. The zero-order valence-electron chi connectivity index (χ0n) is 9.56. The van der Waals surface area contributed by atoms with Crippen LogP contribution in [0.2, 0.25) is 0 Å². The number of hydrogen-bond donors (Lipinski definition) is 2. The maximum atomic E-state index is 10.8. The highest BCUT2D eigenvalue weighted by molar-refractivity contribution is 5.71. The number of carbonyl (C=O) groups excluding carboxylic acids is 1. The molecule has 0 spiro atoms. The molecule has 0 heterocycles. The third kappa shape index (κ3) is 4.00. The standard InChI is InChI=1S/C12H17NO3/c1-9-4-3-5-10(6-9)11(14)7-13-8-12(15)16-2/h3-6,11,13-14H,7-8H2,1-2H3. The summed E-state index contributed by atoms with van der Waals surface area (Å²) in [6.07, 6.45) is -0.607. The lowest BCUT2D eigenvalue weighted by molar-refractivity contribution is -0.139. The van der Waals surface area contributed by atoms with Gasteiger partial charge in [0.15, 0.2) is 0 Å². The minimum absolute atomic E-state index is 0.110. The minimum atomic E-state index is -0.607. The van der Waals surface area contributed by atoms with Gasteiger partial charge in [0.25, 0.3) is 0 Å². The van der Waals surface area contributed by atoms with Gasteiger partial charge in [0.1, 0.15) is 0 Å². The maximum Gasteiger partial charge on any atom is 0.319 e. The van der Waals surface area contributed by atoms with Gasteiger partial charge in [-0.3, -0.25) is 4.79 Å². The Morgan fingerprint density at radius 1 is 1.56 bits per heavy atom. The molecule has 88 valence electrons. The Morgan fingerprint density at radius 3 is 2.94 bits per heavy atom. The monoisotopic (exact) mass is 223 g/mol. The van der Waals surface area contributed by atoms with Gasteiger partial charge in [-0.2, -0.15) is 0 Å². The first kappa shape index (κ1) is 12.7. The Labute approximate surface area is 95.2 Å². The maximum absolute atomic E-state index is 10.8. The lowest BCUT2D eigenvalue weighted by Crippen LogP contribution is -2.28. The fourth-order valence-corrected chi connectivity index (χ4v) is 1.38. The highest BCUT2D eigenvalue weighted by atomic mass is 16.5. The molecule has 0 aliphatic rings. The lowest BCUT2D eigenvalue weighted by Gasteiger charge is -2.12. The third-order valence-electron chi connectivity index (χ3n) is 2.26. The summed E-state index contributed by atoms with van der Waals surface area (Å²) in [4.78, 5) is 10.8. The van der Waals surface area contributed by atoms with Crippen LogP contribution in [0.25, 0.3) is 0 Å². The molecule has 4 nitrogen and oxygen atoms in total. The molecule has 0 fully saturated rings. The molecule has 0 aromatic heterocycles. The number of methoxy groups -OCH3 is 1. The van der Waals surface area contributed by atoms with Crippen molar-refractivity contribution in [2.45, 2.75) is 13.0 Å². The number of benzene rings is 1. The van der Waals surface area contributed by atoms with Gasteiger partial charge in [-0.1, -0.05) is 29.8 Å². The number of ether oxygens (including phenoxy) is 1. The van der Waals surface area contributed by atoms with Gasteiger partial charge in [-0.15, -0.1) is 0 Å². The van der Waals surface area contributed by atoms with E-state index in [1.807, 2.05) is 31.2 Å². The number of esters is 1. The molecule has 0 bridgehead atoms. The third-order valence-corrected chi connectivity index (χ3v) is 2.26. The molecule has 0 radical (unpaired) electrons. The number of aryl methyl sites for hydroxylation is 1. The first-order chi connectivity index (χ1) is 7.63. The van der Waals surface area contributed by atoms with Crippen LogP contribution in [0.3, 0.4) is 0 Å². The Morgan fingerprint density at radius 2 is 2.31 bits per heavy atom. The summed E-state index contributed by atoms with van der Waals surface area (Å²) in [5.41, 5.74) is 1.95. The SMILES string of the molecule is COC(=O)CNCC(O)c1cccc(C)c1. The van der Waals surface area contributed by atoms with E-state index in [1.54, 1.807) is 0 Å². The van der Waals surface area contributed by atoms with Crippen molar-refractivity contribution in [1.82, 2.24) is 5.32 Å². The molecule has 4 heteroatoms. The zero-order valence-corrected chi connectivity index (χ0v) is 9.56. The molecule has 1 aromatic rings. The van der Waals surface area contributed by atoms with Gasteiger partial charge in [-0.05, 0) is 12.5 Å². The number of nitrogens with one attached hydrogen (secondary N) is 1. The summed E-state index contributed by atoms with van der Waals surface area (Å²) in [6, 6.07) is 7.65. The largest absolute Gasteiger partial charge is 0.468 e. The highest BCUT2D eigenvalue weighted by Crippen LogP contribution is 2.12. The van der Waals surface area contributed by atoms with E-state index in [0.29, 0.717) is 6.54 Å². The van der Waals surface area contributed by atoms with Crippen molar-refractivity contribution in [3.05, 3.63) is 35.4 Å². The van der Waals surface area contributed by atoms with Crippen LogP contribution < -0.4 is 5.32 Å². The molecular formula is C12H17NO3. The van der Waals surface area contributed by atoms with Gasteiger partial charge in [0.05, 0.1) is 19.8 Å². The number of rotatable bonds is 5. The van der Waals surface area contributed by atoms with Crippen molar-refractivity contribution in [2.24, 2.45) is 0 Å². The van der Waals surface area contributed by atoms with Crippen molar-refractivity contribution in [3.8, 4) is 0 Å². The van der Waals surface area contributed by atoms with Crippen molar-refractivity contribution >= 4 is 5.97 Å². The predicted octanol–water partition coefficient (Wildman–Crippen LogP) is 0.791. The van der Waals surface area contributed by atoms with Crippen LogP contribution >= 0.6 is 0 Å². The van der Waals surface area contributed by atoms with Gasteiger partial charge in [0, 0.05) is 6.54 Å². The molecule has 0 amide bonds. The first-order valence-corrected chi connectivity index (χ1v) is 5.15. The molecule has 2 N–H and O–H groups in total. The van der Waals surface area contributed by atoms with Crippen molar-refractivity contribution in [3.63, 3.8) is 0 Å². The fraction of sp³-hybridized carbons (Fsp3) is 0.417. The summed E-state index contributed by atoms with van der Waals surface area (Å²) >= 11 is 0. The van der Waals surface area contributed by atoms with Gasteiger partial charge >= 0.3 is 5.97 Å². The van der Waals surface area contributed by atoms with E-state index in [2.05, 4.69) is 10.1 Å². The summed E-state index contributed by atoms with van der Waals surface area (Å²) in [6.45, 7) is 2.41. The number of aliphatic hydroxyl groups is 1. The molecule has 1 aromatic carbocycles. The summed E-state index contributed by atoms with van der Waals surface area (Å²) in [5.74, 6) is -0.337. The van der Waals surface area contributed by atoms with Crippen molar-refractivity contribution < 1.29 is 14.6 Å². The van der Waals surface area contributed by atoms with Crippen LogP contribution in [-0.4, -0.2) is 31.3 Å². The number of hydrogen-bond acceptors (Lipinski definition) is 4. The minimum Gasteiger partial charge on any atom is -0.468 e. The van der Waals surface area contributed by atoms with E-state index in [1.165, 1.54) is 7.11 Å². The van der Waals surface area contributed by atoms with Crippen LogP contribution in [0.5, 0.6) is 0 Å². The molecule has 1 atom stereocenters. The molecule has 1 rings (SSSR count). The van der Waals surface area contributed by atoms with Crippen LogP contribution in [0.15, 0.2) is 24.3 Å². The molecular weight excluding hydrogens is 206 g/mol. The van der Waals surface area contributed by atoms with Crippen LogP contribution in [0, 0.1) is 6.92 Å². The lowest BCUT2D eigenvalue weighted by atomic mass is 10.1. The van der Waals surface area contributed by atoms with E-state index in [4.69, 9.17) is 0 Å². The molecule has 0 saturated heterocycles. The number of aliphatic hydroxyl groups excluding tert-OH is 1. The molecule has 16 heavy (non-hydrogen) atoms. The first-order valence-electron chi connectivity index (χ1n) is 5.15. The summed E-state index contributed by atoms with van der Waals surface area (Å²) in [5, 5.41) is 12.6. The Kier molecular flexibility index (Phi) is 4.95. The van der Waals surface area contributed by atoms with Crippen LogP contribution in [0.1, 0.15) is 17.2 Å². The number of carbonyl (C=O) groups is 1. The van der Waals surface area contributed by atoms with E-state index in [0.717, 1.165) is 11.1 Å². The average molecular weight is 223 g/mol. The van der Waals surface area contributed by atoms with Crippen molar-refractivity contribution in [2.75, 3.05) is 20.2 Å². The topological polar surface area (TPSA) is 58.6 Å². The van der Waals surface area contributed by atoms with E-state index < -0.39 is 6.10 Å². The quantitative estimate of drug-likeness (QED) is 0.725. The second-order valence-corrected chi connectivity index (χ2v) is 3.64. The van der Waals surface area contributed by atoms with E-state index in [9.17, 15) is 9.90 Å². The smallest absolute Gasteiger partial charge is 0.319 e. The second-order valence-electron chi connectivity index (χ2n) is 3.64. The van der Waals surface area contributed by atoms with Crippen molar-refractivity contribution in [1.29, 1.82) is 0 Å². The van der Waals surface area contributed by atoms with Crippen LogP contribution in [-0.2, 0) is 9.53 Å². The van der Waals surface area contributed by atoms with E-state index in [-0.39, 0.29) is 12.5 Å². The summed E-state index contributed by atoms with van der Waals surface area (Å²) < 4.78 is 4.47. The molecule has 0 aliphatic carbocycles. The molecule has 0 aliphatic heterocycles. The Bertz CT molecular complexity index is 352. The van der Waals surface area contributed by atoms with Gasteiger partial charge in [0.2, 0.25) is 0 Å². The Hall–Kier alpha value is -1.39. The average Bonchev–Trinajstić information content (AvgIpc) is 2.28. The summed E-state index contributed by atoms with van der Waals surface area (Å²) in [7, 11) is 1.33. The fourth-order valence-electron chi connectivity index (χ4n) is 1.38. The normalized spacial score (nSPS) is 12.2.